The molecule has 0 amide bonds. The predicted molar refractivity (Wildman–Crippen MR) is 76.2 cm³/mol. The molecule has 1 unspecified atom stereocenters. The van der Waals surface area contributed by atoms with Crippen LogP contribution in [0.1, 0.15) is 12.5 Å². The maximum atomic E-state index is 11.8. The van der Waals surface area contributed by atoms with Gasteiger partial charge in [-0.3, -0.25) is 4.72 Å². The Morgan fingerprint density at radius 3 is 2.72 bits per heavy atom. The van der Waals surface area contributed by atoms with Gasteiger partial charge in [0.05, 0.1) is 11.3 Å². The third-order valence-electron chi connectivity index (χ3n) is 2.13. The number of alkyl halides is 1. The molecule has 0 heterocycles. The zero-order chi connectivity index (χ0) is 13.8. The van der Waals surface area contributed by atoms with E-state index in [2.05, 4.69) is 20.7 Å². The van der Waals surface area contributed by atoms with Crippen LogP contribution in [0.3, 0.4) is 0 Å². The summed E-state index contributed by atoms with van der Waals surface area (Å²) < 4.78 is 26.6. The number of nitrogens with one attached hydrogen (secondary N) is 1. The summed E-state index contributed by atoms with van der Waals surface area (Å²) in [4.78, 5) is 0. The van der Waals surface area contributed by atoms with Crippen LogP contribution in [0.5, 0.6) is 0 Å². The topological polar surface area (TPSA) is 70.0 Å². The molecule has 4 nitrogen and oxygen atoms in total. The Hall–Kier alpha value is -0.770. The summed E-state index contributed by atoms with van der Waals surface area (Å²) in [6.07, 6.45) is 0. The van der Waals surface area contributed by atoms with Gasteiger partial charge < -0.3 is 0 Å². The lowest BCUT2D eigenvalue weighted by atomic mass is 10.2. The monoisotopic (exact) mass is 350 g/mol. The molecule has 1 rings (SSSR count). The van der Waals surface area contributed by atoms with Crippen LogP contribution in [-0.4, -0.2) is 20.1 Å². The van der Waals surface area contributed by atoms with E-state index in [0.717, 1.165) is 0 Å². The Kier molecular flexibility index (Phi) is 5.45. The number of nitrogens with zero attached hydrogens (tertiary/aromatic N) is 1. The van der Waals surface area contributed by atoms with Gasteiger partial charge in [0.25, 0.3) is 0 Å². The highest BCUT2D eigenvalue weighted by molar-refractivity contribution is 9.10. The average Bonchev–Trinajstić information content (AvgIpc) is 2.27. The highest BCUT2D eigenvalue weighted by Crippen LogP contribution is 2.22. The maximum Gasteiger partial charge on any atom is 0.233 e. The minimum atomic E-state index is -3.42. The molecule has 1 N–H and O–H groups in total. The predicted octanol–water partition coefficient (Wildman–Crippen LogP) is 2.94. The van der Waals surface area contributed by atoms with Crippen LogP contribution in [0.2, 0.25) is 0 Å². The fraction of sp³-hybridized carbons (Fsp3) is 0.364. The lowest BCUT2D eigenvalue weighted by Gasteiger charge is -2.11. The number of hydrogen-bond donors (Lipinski definition) is 1. The summed E-state index contributed by atoms with van der Waals surface area (Å²) in [7, 11) is -3.42. The van der Waals surface area contributed by atoms with Crippen molar-refractivity contribution in [3.63, 3.8) is 0 Å². The van der Waals surface area contributed by atoms with Crippen molar-refractivity contribution in [3.8, 4) is 6.07 Å². The van der Waals surface area contributed by atoms with E-state index in [1.807, 2.05) is 6.07 Å². The minimum absolute atomic E-state index is 0.0336. The third-order valence-corrected chi connectivity index (χ3v) is 4.87. The van der Waals surface area contributed by atoms with Gasteiger partial charge in [-0.15, -0.1) is 11.6 Å². The largest absolute Gasteiger partial charge is 0.284 e. The normalized spacial score (nSPS) is 12.8. The first-order chi connectivity index (χ1) is 8.38. The second-order valence-electron chi connectivity index (χ2n) is 3.95. The van der Waals surface area contributed by atoms with Gasteiger partial charge in [0, 0.05) is 16.0 Å². The molecule has 0 aliphatic heterocycles. The van der Waals surface area contributed by atoms with E-state index in [1.54, 1.807) is 25.1 Å². The van der Waals surface area contributed by atoms with Crippen molar-refractivity contribution < 1.29 is 8.42 Å². The van der Waals surface area contributed by atoms with E-state index >= 15 is 0 Å². The van der Waals surface area contributed by atoms with Gasteiger partial charge >= 0.3 is 0 Å². The molecule has 1 aromatic carbocycles. The van der Waals surface area contributed by atoms with Crippen molar-refractivity contribution in [2.24, 2.45) is 5.92 Å². The average molecular weight is 352 g/mol. The molecule has 0 fully saturated rings. The van der Waals surface area contributed by atoms with E-state index < -0.39 is 10.0 Å². The van der Waals surface area contributed by atoms with Crippen molar-refractivity contribution in [3.05, 3.63) is 28.2 Å². The molecule has 7 heteroatoms. The zero-order valence-electron chi connectivity index (χ0n) is 9.65. The van der Waals surface area contributed by atoms with Gasteiger partial charge in [0.2, 0.25) is 10.0 Å². The fourth-order valence-electron chi connectivity index (χ4n) is 1.31. The first-order valence-electron chi connectivity index (χ1n) is 5.14. The molecule has 1 atom stereocenters. The molecule has 0 aliphatic rings. The van der Waals surface area contributed by atoms with Gasteiger partial charge in [-0.1, -0.05) is 6.92 Å². The van der Waals surface area contributed by atoms with Gasteiger partial charge in [0.15, 0.2) is 0 Å². The van der Waals surface area contributed by atoms with E-state index in [0.29, 0.717) is 15.7 Å². The molecule has 1 aromatic rings. The number of sulfonamides is 1. The molecule has 0 bridgehead atoms. The molecule has 98 valence electrons. The summed E-state index contributed by atoms with van der Waals surface area (Å²) in [5.74, 6) is 0.137. The second kappa shape index (κ2) is 6.41. The van der Waals surface area contributed by atoms with Crippen LogP contribution in [0.15, 0.2) is 22.7 Å². The summed E-state index contributed by atoms with van der Waals surface area (Å²) in [5, 5.41) is 8.76. The standard InChI is InChI=1S/C11H12BrClN2O2S/c1-8(5-13)7-18(16,17)15-10-3-2-9(6-14)11(12)4-10/h2-4,8,15H,5,7H2,1H3. The summed E-state index contributed by atoms with van der Waals surface area (Å²) in [6, 6.07) is 6.64. The first kappa shape index (κ1) is 15.3. The highest BCUT2D eigenvalue weighted by atomic mass is 79.9. The maximum absolute atomic E-state index is 11.8. The van der Waals surface area contributed by atoms with E-state index in [-0.39, 0.29) is 17.6 Å². The molecule has 0 saturated carbocycles. The number of hydrogen-bond acceptors (Lipinski definition) is 3. The molecule has 0 aromatic heterocycles. The van der Waals surface area contributed by atoms with Crippen LogP contribution in [0.25, 0.3) is 0 Å². The summed E-state index contributed by atoms with van der Waals surface area (Å²) >= 11 is 8.79. The van der Waals surface area contributed by atoms with Crippen LogP contribution < -0.4 is 4.72 Å². The van der Waals surface area contributed by atoms with Crippen molar-refractivity contribution in [2.45, 2.75) is 6.92 Å². The Bertz CT molecular complexity index is 569. The number of nitriles is 1. The Morgan fingerprint density at radius 1 is 1.56 bits per heavy atom. The van der Waals surface area contributed by atoms with Crippen LogP contribution in [0.4, 0.5) is 5.69 Å². The van der Waals surface area contributed by atoms with E-state index in [4.69, 9.17) is 16.9 Å². The second-order valence-corrected chi connectivity index (χ2v) is 6.88. The molecular formula is C11H12BrClN2O2S. The third kappa shape index (κ3) is 4.48. The molecule has 0 spiro atoms. The molecule has 0 saturated heterocycles. The van der Waals surface area contributed by atoms with Crippen molar-refractivity contribution in [1.82, 2.24) is 0 Å². The van der Waals surface area contributed by atoms with Gasteiger partial charge in [-0.05, 0) is 40.0 Å². The SMILES string of the molecule is CC(CCl)CS(=O)(=O)Nc1ccc(C#N)c(Br)c1. The van der Waals surface area contributed by atoms with Crippen LogP contribution in [-0.2, 0) is 10.0 Å². The van der Waals surface area contributed by atoms with Crippen molar-refractivity contribution in [1.29, 1.82) is 5.26 Å². The Balaban J connectivity index is 2.85. The smallest absolute Gasteiger partial charge is 0.233 e. The number of anilines is 1. The van der Waals surface area contributed by atoms with Gasteiger partial charge in [0.1, 0.15) is 6.07 Å². The lowest BCUT2D eigenvalue weighted by Crippen LogP contribution is -2.22. The summed E-state index contributed by atoms with van der Waals surface area (Å²) in [5.41, 5.74) is 0.870. The first-order valence-corrected chi connectivity index (χ1v) is 8.12. The zero-order valence-corrected chi connectivity index (χ0v) is 12.8. The fourth-order valence-corrected chi connectivity index (χ4v) is 3.45. The Morgan fingerprint density at radius 2 is 2.22 bits per heavy atom. The molecule has 18 heavy (non-hydrogen) atoms. The summed E-state index contributed by atoms with van der Waals surface area (Å²) in [6.45, 7) is 1.76. The molecule has 0 radical (unpaired) electrons. The molecule has 0 aliphatic carbocycles. The van der Waals surface area contributed by atoms with Crippen molar-refractivity contribution >= 4 is 43.2 Å². The van der Waals surface area contributed by atoms with Crippen LogP contribution >= 0.6 is 27.5 Å². The number of halogens is 2. The number of rotatable bonds is 5. The highest BCUT2D eigenvalue weighted by Gasteiger charge is 2.15. The van der Waals surface area contributed by atoms with Gasteiger partial charge in [-0.2, -0.15) is 5.26 Å². The lowest BCUT2D eigenvalue weighted by molar-refractivity contribution is 0.588. The minimum Gasteiger partial charge on any atom is -0.284 e. The van der Waals surface area contributed by atoms with E-state index in [9.17, 15) is 8.42 Å². The quantitative estimate of drug-likeness (QED) is 0.829. The van der Waals surface area contributed by atoms with Gasteiger partial charge in [-0.25, -0.2) is 8.42 Å². The number of benzene rings is 1. The van der Waals surface area contributed by atoms with E-state index in [1.165, 1.54) is 0 Å². The molecular weight excluding hydrogens is 340 g/mol. The Labute approximate surface area is 120 Å². The van der Waals surface area contributed by atoms with Crippen LogP contribution in [0, 0.1) is 17.2 Å². The van der Waals surface area contributed by atoms with Crippen molar-refractivity contribution in [2.75, 3.05) is 16.4 Å².